The number of aromatic carboxylic acids is 1. The molecular weight excluding hydrogens is 271 g/mol. The molecule has 0 saturated heterocycles. The van der Waals surface area contributed by atoms with E-state index in [1.54, 1.807) is 6.07 Å². The molecule has 5 heteroatoms. The monoisotopic (exact) mass is 278 g/mol. The lowest BCUT2D eigenvalue weighted by atomic mass is 10.1. The molecule has 0 spiro atoms. The summed E-state index contributed by atoms with van der Waals surface area (Å²) >= 11 is 8.98. The molecule has 0 aliphatic rings. The molecule has 1 aromatic carbocycles. The maximum Gasteiger partial charge on any atom is 0.337 e. The van der Waals surface area contributed by atoms with E-state index < -0.39 is 5.97 Å². The Bertz CT molecular complexity index is 365. The molecule has 1 N–H and O–H groups in total. The SMILES string of the molecule is COc1ccc(Cl)c(C(=O)O)c1CBr. The van der Waals surface area contributed by atoms with Gasteiger partial charge in [0.1, 0.15) is 5.75 Å². The highest BCUT2D eigenvalue weighted by atomic mass is 79.9. The maximum absolute atomic E-state index is 10.9. The fourth-order valence-electron chi connectivity index (χ4n) is 1.16. The summed E-state index contributed by atoms with van der Waals surface area (Å²) in [6, 6.07) is 3.15. The first-order valence-electron chi connectivity index (χ1n) is 3.76. The number of alkyl halides is 1. The molecular formula is C9H8BrClO3. The number of methoxy groups -OCH3 is 1. The van der Waals surface area contributed by atoms with Gasteiger partial charge in [-0.25, -0.2) is 4.79 Å². The summed E-state index contributed by atoms with van der Waals surface area (Å²) in [4.78, 5) is 10.9. The zero-order valence-corrected chi connectivity index (χ0v) is 9.72. The highest BCUT2D eigenvalue weighted by Gasteiger charge is 2.17. The molecule has 76 valence electrons. The van der Waals surface area contributed by atoms with Crippen molar-refractivity contribution in [2.24, 2.45) is 0 Å². The molecule has 0 aliphatic carbocycles. The highest BCUT2D eigenvalue weighted by molar-refractivity contribution is 9.08. The molecule has 0 radical (unpaired) electrons. The van der Waals surface area contributed by atoms with Crippen LogP contribution in [0.25, 0.3) is 0 Å². The van der Waals surface area contributed by atoms with Crippen molar-refractivity contribution in [3.8, 4) is 5.75 Å². The summed E-state index contributed by atoms with van der Waals surface area (Å²) < 4.78 is 5.03. The van der Waals surface area contributed by atoms with Crippen LogP contribution in [0.2, 0.25) is 5.02 Å². The van der Waals surface area contributed by atoms with Crippen molar-refractivity contribution in [1.29, 1.82) is 0 Å². The second kappa shape index (κ2) is 4.66. The van der Waals surface area contributed by atoms with E-state index in [0.717, 1.165) is 0 Å². The molecule has 0 unspecified atom stereocenters. The molecule has 1 rings (SSSR count). The van der Waals surface area contributed by atoms with Crippen molar-refractivity contribution in [1.82, 2.24) is 0 Å². The number of halogens is 2. The fourth-order valence-corrected chi connectivity index (χ4v) is 1.97. The predicted molar refractivity (Wildman–Crippen MR) is 57.6 cm³/mol. The van der Waals surface area contributed by atoms with Gasteiger partial charge in [0, 0.05) is 10.9 Å². The average molecular weight is 280 g/mol. The predicted octanol–water partition coefficient (Wildman–Crippen LogP) is 2.94. The van der Waals surface area contributed by atoms with Gasteiger partial charge in [-0.1, -0.05) is 27.5 Å². The molecule has 14 heavy (non-hydrogen) atoms. The van der Waals surface area contributed by atoms with Crippen LogP contribution in [0.5, 0.6) is 5.75 Å². The van der Waals surface area contributed by atoms with Gasteiger partial charge in [0.2, 0.25) is 0 Å². The van der Waals surface area contributed by atoms with Gasteiger partial charge < -0.3 is 9.84 Å². The number of hydrogen-bond donors (Lipinski definition) is 1. The van der Waals surface area contributed by atoms with Gasteiger partial charge in [-0.2, -0.15) is 0 Å². The second-order valence-electron chi connectivity index (χ2n) is 2.54. The third-order valence-electron chi connectivity index (χ3n) is 1.79. The van der Waals surface area contributed by atoms with Crippen LogP contribution < -0.4 is 4.74 Å². The third-order valence-corrected chi connectivity index (χ3v) is 2.66. The smallest absolute Gasteiger partial charge is 0.337 e. The average Bonchev–Trinajstić information content (AvgIpc) is 2.16. The summed E-state index contributed by atoms with van der Waals surface area (Å²) in [5.74, 6) is -0.535. The Balaban J connectivity index is 3.42. The maximum atomic E-state index is 10.9. The fraction of sp³-hybridized carbons (Fsp3) is 0.222. The lowest BCUT2D eigenvalue weighted by Gasteiger charge is -2.10. The molecule has 0 heterocycles. The molecule has 0 amide bonds. The second-order valence-corrected chi connectivity index (χ2v) is 3.51. The Morgan fingerprint density at radius 2 is 2.29 bits per heavy atom. The highest BCUT2D eigenvalue weighted by Crippen LogP contribution is 2.30. The van der Waals surface area contributed by atoms with Gasteiger partial charge >= 0.3 is 5.97 Å². The molecule has 0 atom stereocenters. The number of carboxylic acids is 1. The van der Waals surface area contributed by atoms with Crippen molar-refractivity contribution in [2.75, 3.05) is 7.11 Å². The van der Waals surface area contributed by atoms with Crippen molar-refractivity contribution < 1.29 is 14.6 Å². The summed E-state index contributed by atoms with van der Waals surface area (Å²) in [6.07, 6.45) is 0. The van der Waals surface area contributed by atoms with Gasteiger partial charge in [-0.15, -0.1) is 0 Å². The van der Waals surface area contributed by atoms with Crippen molar-refractivity contribution in [3.63, 3.8) is 0 Å². The number of hydrogen-bond acceptors (Lipinski definition) is 2. The molecule has 0 aliphatic heterocycles. The quantitative estimate of drug-likeness (QED) is 0.865. The van der Waals surface area contributed by atoms with Gasteiger partial charge in [0.25, 0.3) is 0 Å². The van der Waals surface area contributed by atoms with Crippen LogP contribution in [0.15, 0.2) is 12.1 Å². The summed E-state index contributed by atoms with van der Waals surface area (Å²) in [6.45, 7) is 0. The minimum atomic E-state index is -1.05. The van der Waals surface area contributed by atoms with E-state index in [-0.39, 0.29) is 10.6 Å². The largest absolute Gasteiger partial charge is 0.496 e. The lowest BCUT2D eigenvalue weighted by Crippen LogP contribution is -2.04. The van der Waals surface area contributed by atoms with Crippen LogP contribution in [0, 0.1) is 0 Å². The number of ether oxygens (including phenoxy) is 1. The van der Waals surface area contributed by atoms with Crippen LogP contribution in [0.4, 0.5) is 0 Å². The summed E-state index contributed by atoms with van der Waals surface area (Å²) in [5, 5.41) is 9.54. The molecule has 0 bridgehead atoms. The Morgan fingerprint density at radius 1 is 1.64 bits per heavy atom. The van der Waals surface area contributed by atoms with Gasteiger partial charge in [0.05, 0.1) is 17.7 Å². The van der Waals surface area contributed by atoms with Gasteiger partial charge in [-0.3, -0.25) is 0 Å². The zero-order valence-electron chi connectivity index (χ0n) is 7.38. The van der Waals surface area contributed by atoms with Crippen molar-refractivity contribution >= 4 is 33.5 Å². The molecule has 0 saturated carbocycles. The lowest BCUT2D eigenvalue weighted by molar-refractivity contribution is 0.0696. The van der Waals surface area contributed by atoms with E-state index in [1.807, 2.05) is 0 Å². The van der Waals surface area contributed by atoms with E-state index in [2.05, 4.69) is 15.9 Å². The van der Waals surface area contributed by atoms with Crippen LogP contribution in [-0.4, -0.2) is 18.2 Å². The van der Waals surface area contributed by atoms with E-state index in [0.29, 0.717) is 16.6 Å². The number of carbonyl (C=O) groups is 1. The number of carboxylic acid groups (broad SMARTS) is 1. The van der Waals surface area contributed by atoms with Crippen LogP contribution in [-0.2, 0) is 5.33 Å². The van der Waals surface area contributed by atoms with Gasteiger partial charge in [0.15, 0.2) is 0 Å². The van der Waals surface area contributed by atoms with E-state index in [9.17, 15) is 4.79 Å². The molecule has 0 fully saturated rings. The topological polar surface area (TPSA) is 46.5 Å². The minimum absolute atomic E-state index is 0.0860. The first-order valence-corrected chi connectivity index (χ1v) is 5.26. The third kappa shape index (κ3) is 2.01. The Labute approximate surface area is 94.8 Å². The minimum Gasteiger partial charge on any atom is -0.496 e. The standard InChI is InChI=1S/C9H8BrClO3/c1-14-7-3-2-6(11)8(9(12)13)5(7)4-10/h2-3H,4H2,1H3,(H,12,13). The van der Waals surface area contributed by atoms with E-state index in [1.165, 1.54) is 13.2 Å². The van der Waals surface area contributed by atoms with E-state index in [4.69, 9.17) is 21.4 Å². The number of rotatable bonds is 3. The summed E-state index contributed by atoms with van der Waals surface area (Å²) in [7, 11) is 1.49. The Hall–Kier alpha value is -0.740. The van der Waals surface area contributed by atoms with Crippen molar-refractivity contribution in [2.45, 2.75) is 5.33 Å². The molecule has 1 aromatic rings. The first kappa shape index (κ1) is 11.3. The summed E-state index contributed by atoms with van der Waals surface area (Å²) in [5.41, 5.74) is 0.635. The van der Waals surface area contributed by atoms with Crippen LogP contribution >= 0.6 is 27.5 Å². The number of benzene rings is 1. The molecule has 0 aromatic heterocycles. The van der Waals surface area contributed by atoms with Gasteiger partial charge in [-0.05, 0) is 12.1 Å². The molecule has 3 nitrogen and oxygen atoms in total. The van der Waals surface area contributed by atoms with Crippen LogP contribution in [0.1, 0.15) is 15.9 Å². The Kier molecular flexibility index (Phi) is 3.77. The van der Waals surface area contributed by atoms with Crippen molar-refractivity contribution in [3.05, 3.63) is 28.3 Å². The van der Waals surface area contributed by atoms with Crippen LogP contribution in [0.3, 0.4) is 0 Å². The van der Waals surface area contributed by atoms with E-state index >= 15 is 0 Å². The first-order chi connectivity index (χ1) is 6.61. The normalized spacial score (nSPS) is 9.93. The Morgan fingerprint density at radius 3 is 2.71 bits per heavy atom. The zero-order chi connectivity index (χ0) is 10.7.